The lowest BCUT2D eigenvalue weighted by molar-refractivity contribution is -0.182. The van der Waals surface area contributed by atoms with Crippen LogP contribution < -0.4 is 10.6 Å². The van der Waals surface area contributed by atoms with Gasteiger partial charge in [-0.3, -0.25) is 24.0 Å². The molecule has 52 heavy (non-hydrogen) atoms. The van der Waals surface area contributed by atoms with Gasteiger partial charge in [0.05, 0.1) is 11.5 Å². The number of phenolic OH excluding ortho intramolecular Hbond substituents is 1. The summed E-state index contributed by atoms with van der Waals surface area (Å²) in [6, 6.07) is 10.6. The minimum Gasteiger partial charge on any atom is -0.507 e. The molecule has 0 aliphatic heterocycles. The van der Waals surface area contributed by atoms with Crippen LogP contribution in [0.25, 0.3) is 5.57 Å². The largest absolute Gasteiger partial charge is 0.507 e. The first kappa shape index (κ1) is 36.0. The Hall–Kier alpha value is -4.37. The number of aliphatic hydroxyl groups is 1. The second-order valence-electron chi connectivity index (χ2n) is 16.7. The molecule has 0 heterocycles. The highest BCUT2D eigenvalue weighted by Gasteiger charge is 2.69. The van der Waals surface area contributed by atoms with Gasteiger partial charge in [0.15, 0.2) is 34.7 Å². The highest BCUT2D eigenvalue weighted by Crippen LogP contribution is 2.55. The number of benzene rings is 2. The number of carbonyl (C=O) groups excluding carboxylic acids is 5. The number of fused-ring (bicyclic) bond motifs is 3. The third kappa shape index (κ3) is 5.58. The maximum atomic E-state index is 14.5. The number of aryl methyl sites for hydroxylation is 1. The first-order valence-corrected chi connectivity index (χ1v) is 18.8. The van der Waals surface area contributed by atoms with Crippen LogP contribution in [0.15, 0.2) is 48.1 Å². The van der Waals surface area contributed by atoms with Crippen LogP contribution in [0.4, 0.5) is 5.69 Å². The lowest BCUT2D eigenvalue weighted by Crippen LogP contribution is -2.71. The highest BCUT2D eigenvalue weighted by molar-refractivity contribution is 6.32. The van der Waals surface area contributed by atoms with Crippen LogP contribution in [-0.4, -0.2) is 58.9 Å². The Kier molecular flexibility index (Phi) is 9.17. The normalized spacial score (nSPS) is 31.5. The fourth-order valence-electron chi connectivity index (χ4n) is 10.5. The second kappa shape index (κ2) is 13.2. The van der Waals surface area contributed by atoms with Crippen molar-refractivity contribution in [1.29, 1.82) is 0 Å². The number of aromatic hydroxyl groups is 1. The molecule has 0 aromatic heterocycles. The van der Waals surface area contributed by atoms with Gasteiger partial charge in [-0.2, -0.15) is 0 Å². The van der Waals surface area contributed by atoms with E-state index in [1.165, 1.54) is 29.5 Å². The van der Waals surface area contributed by atoms with Crippen LogP contribution in [0, 0.1) is 48.3 Å². The molecule has 0 saturated heterocycles. The van der Waals surface area contributed by atoms with E-state index >= 15 is 0 Å². The minimum atomic E-state index is -2.71. The molecule has 5 aliphatic carbocycles. The van der Waals surface area contributed by atoms with Crippen LogP contribution in [-0.2, 0) is 25.6 Å². The molecular weight excluding hydrogens is 656 g/mol. The van der Waals surface area contributed by atoms with E-state index < -0.39 is 70.1 Å². The minimum absolute atomic E-state index is 0.0351. The van der Waals surface area contributed by atoms with Gasteiger partial charge in [0, 0.05) is 37.2 Å². The molecule has 2 aromatic rings. The predicted octanol–water partition coefficient (Wildman–Crippen LogP) is 5.66. The summed E-state index contributed by atoms with van der Waals surface area (Å²) in [5.74, 6) is -10.2. The van der Waals surface area contributed by atoms with Gasteiger partial charge in [0.25, 0.3) is 0 Å². The number of phenols is 1. The quantitative estimate of drug-likeness (QED) is 0.312. The number of Topliss-reactive ketones (excluding diaryl/α,β-unsaturated/α-hetero) is 4. The summed E-state index contributed by atoms with van der Waals surface area (Å²) in [6.45, 7) is 5.68. The van der Waals surface area contributed by atoms with Crippen molar-refractivity contribution in [2.75, 3.05) is 19.0 Å². The summed E-state index contributed by atoms with van der Waals surface area (Å²) in [5.41, 5.74) is 9.68. The third-order valence-corrected chi connectivity index (χ3v) is 13.1. The van der Waals surface area contributed by atoms with Gasteiger partial charge in [-0.05, 0) is 110 Å². The Morgan fingerprint density at radius 1 is 1.02 bits per heavy atom. The monoisotopic (exact) mass is 706 g/mol. The van der Waals surface area contributed by atoms with Gasteiger partial charge in [-0.15, -0.1) is 0 Å². The molecule has 1 amide bonds. The second-order valence-corrected chi connectivity index (χ2v) is 16.7. The van der Waals surface area contributed by atoms with Crippen molar-refractivity contribution in [3.05, 3.63) is 75.9 Å². The van der Waals surface area contributed by atoms with Crippen LogP contribution in [0.3, 0.4) is 0 Å². The fourth-order valence-corrected chi connectivity index (χ4v) is 10.5. The topological polar surface area (TPSA) is 155 Å². The van der Waals surface area contributed by atoms with E-state index in [2.05, 4.69) is 37.3 Å². The number of nitrogens with zero attached hydrogens (tertiary/aromatic N) is 1. The number of hydrogen-bond acceptors (Lipinski definition) is 8. The Labute approximate surface area is 305 Å². The van der Waals surface area contributed by atoms with Crippen molar-refractivity contribution in [2.45, 2.75) is 83.7 Å². The molecule has 2 unspecified atom stereocenters. The number of nitrogens with two attached hydrogens (primary N) is 1. The maximum absolute atomic E-state index is 14.5. The van der Waals surface area contributed by atoms with E-state index in [4.69, 9.17) is 5.73 Å². The summed E-state index contributed by atoms with van der Waals surface area (Å²) in [6.07, 6.45) is 10.7. The molecule has 2 aromatic carbocycles. The fraction of sp³-hybridized carbons (Fsp3) is 0.512. The first-order valence-electron chi connectivity index (χ1n) is 18.8. The third-order valence-electron chi connectivity index (χ3n) is 13.1. The molecule has 274 valence electrons. The van der Waals surface area contributed by atoms with Gasteiger partial charge in [-0.1, -0.05) is 55.8 Å². The van der Waals surface area contributed by atoms with E-state index in [-0.39, 0.29) is 24.2 Å². The number of hydrogen-bond donors (Lipinski definition) is 3. The molecule has 0 bridgehead atoms. The maximum Gasteiger partial charge on any atom is 0.235 e. The molecular formula is C43H50N2O7. The molecule has 6 atom stereocenters. The summed E-state index contributed by atoms with van der Waals surface area (Å²) in [7, 11) is 3.74. The standard InChI is InChI=1S/C43H50N2O7/c1-21(2)33-31-19-27-18-30-32(45(4)5)20-29(26-15-12-24(17-26)16-23-10-13-25(14-11-23)28-9-7-6-8-22(28)3)37(46)35(30)39(48)34(27)40(49)43(31,52)41(50)36(38(33)47)42(44)51/h6-9,12,15,20-21,23,25,27,31,33-34,36,46,52H,10-11,13-14,16-19H2,1-5H3,(H2,44,51)/t23?,25?,27-,31-,33-,34?,36?,43-/m0/s1. The van der Waals surface area contributed by atoms with E-state index in [1.54, 1.807) is 13.8 Å². The lowest BCUT2D eigenvalue weighted by atomic mass is 9.49. The average Bonchev–Trinajstić information content (AvgIpc) is 3.54. The Bertz CT molecular complexity index is 1950. The van der Waals surface area contributed by atoms with Gasteiger partial charge >= 0.3 is 0 Å². The molecule has 3 fully saturated rings. The van der Waals surface area contributed by atoms with Crippen LogP contribution >= 0.6 is 0 Å². The molecule has 0 radical (unpaired) electrons. The number of carbonyl (C=O) groups is 5. The number of anilines is 1. The number of amides is 1. The number of rotatable bonds is 7. The van der Waals surface area contributed by atoms with Crippen LogP contribution in [0.2, 0.25) is 0 Å². The Morgan fingerprint density at radius 2 is 1.71 bits per heavy atom. The average molecular weight is 707 g/mol. The van der Waals surface area contributed by atoms with Crippen molar-refractivity contribution < 1.29 is 34.2 Å². The van der Waals surface area contributed by atoms with Crippen molar-refractivity contribution in [3.63, 3.8) is 0 Å². The SMILES string of the molecule is Cc1ccccc1C1CCC(CC2=CC=C(c3cc(N(C)C)c4c(c3O)C(=O)C3C(=O)[C@]5(O)C(=O)C(C(N)=O)C(=O)[C@@H](C(C)C)[C@@H]5C[C@@H]3C4)C2)CC1. The zero-order chi connectivity index (χ0) is 37.4. The van der Waals surface area contributed by atoms with Gasteiger partial charge in [0.2, 0.25) is 5.91 Å². The van der Waals surface area contributed by atoms with E-state index in [9.17, 15) is 34.2 Å². The highest BCUT2D eigenvalue weighted by atomic mass is 16.3. The molecule has 4 N–H and O–H groups in total. The summed E-state index contributed by atoms with van der Waals surface area (Å²) >= 11 is 0. The molecule has 9 nitrogen and oxygen atoms in total. The van der Waals surface area contributed by atoms with Gasteiger partial charge in [0.1, 0.15) is 5.75 Å². The number of allylic oxidation sites excluding steroid dienone is 4. The summed E-state index contributed by atoms with van der Waals surface area (Å²) in [5, 5.41) is 23.9. The zero-order valence-electron chi connectivity index (χ0n) is 30.8. The zero-order valence-corrected chi connectivity index (χ0v) is 30.8. The van der Waals surface area contributed by atoms with Crippen molar-refractivity contribution >= 4 is 40.3 Å². The summed E-state index contributed by atoms with van der Waals surface area (Å²) < 4.78 is 0. The molecule has 5 aliphatic rings. The van der Waals surface area contributed by atoms with E-state index in [0.29, 0.717) is 29.4 Å². The van der Waals surface area contributed by atoms with Crippen molar-refractivity contribution in [1.82, 2.24) is 0 Å². The smallest absolute Gasteiger partial charge is 0.235 e. The Balaban J connectivity index is 1.15. The molecule has 3 saturated carbocycles. The van der Waals surface area contributed by atoms with Gasteiger partial charge < -0.3 is 20.8 Å². The molecule has 0 spiro atoms. The van der Waals surface area contributed by atoms with E-state index in [1.807, 2.05) is 31.1 Å². The van der Waals surface area contributed by atoms with Crippen molar-refractivity contribution in [2.24, 2.45) is 47.2 Å². The van der Waals surface area contributed by atoms with E-state index in [0.717, 1.165) is 30.5 Å². The van der Waals surface area contributed by atoms with Crippen LogP contribution in [0.5, 0.6) is 5.75 Å². The van der Waals surface area contributed by atoms with Gasteiger partial charge in [-0.25, -0.2) is 0 Å². The Morgan fingerprint density at radius 3 is 2.35 bits per heavy atom. The predicted molar refractivity (Wildman–Crippen MR) is 198 cm³/mol. The lowest BCUT2D eigenvalue weighted by Gasteiger charge is -2.52. The molecule has 7 rings (SSSR count). The number of ketones is 4. The van der Waals surface area contributed by atoms with Crippen LogP contribution in [0.1, 0.15) is 97.3 Å². The number of primary amides is 1. The summed E-state index contributed by atoms with van der Waals surface area (Å²) in [4.78, 5) is 70.2. The molecule has 9 heteroatoms. The van der Waals surface area contributed by atoms with Crippen molar-refractivity contribution in [3.8, 4) is 5.75 Å². The first-order chi connectivity index (χ1) is 24.6.